The van der Waals surface area contributed by atoms with Gasteiger partial charge in [0.05, 0.1) is 25.9 Å². The Hall–Kier alpha value is -2.73. The summed E-state index contributed by atoms with van der Waals surface area (Å²) in [6, 6.07) is 14.7. The first-order valence-electron chi connectivity index (χ1n) is 8.20. The molecule has 0 aliphatic heterocycles. The number of benzene rings is 2. The van der Waals surface area contributed by atoms with Gasteiger partial charge in [-0.3, -0.25) is 4.79 Å². The second kappa shape index (κ2) is 10.2. The summed E-state index contributed by atoms with van der Waals surface area (Å²) < 4.78 is 16.1. The van der Waals surface area contributed by atoms with Gasteiger partial charge < -0.3 is 24.8 Å². The third-order valence-electron chi connectivity index (χ3n) is 3.37. The number of hydrogen-bond acceptors (Lipinski definition) is 5. The fourth-order valence-electron chi connectivity index (χ4n) is 2.16. The molecule has 0 radical (unpaired) electrons. The molecule has 2 aromatic carbocycles. The summed E-state index contributed by atoms with van der Waals surface area (Å²) >= 11 is 0. The minimum atomic E-state index is -0.163. The van der Waals surface area contributed by atoms with Crippen LogP contribution in [0, 0.1) is 0 Å². The van der Waals surface area contributed by atoms with E-state index in [1.54, 1.807) is 13.2 Å². The number of carbonyl (C=O) groups is 1. The summed E-state index contributed by atoms with van der Waals surface area (Å²) in [6.07, 6.45) is 0. The number of ether oxygens (including phenoxy) is 3. The SMILES string of the molecule is CCOCCOc1ccccc1NC(=O)CNc1cccc(OC)c1. The van der Waals surface area contributed by atoms with Crippen LogP contribution in [0.1, 0.15) is 6.92 Å². The number of carbonyl (C=O) groups excluding carboxylic acids is 1. The predicted octanol–water partition coefficient (Wildman–Crippen LogP) is 3.16. The van der Waals surface area contributed by atoms with Gasteiger partial charge in [0.25, 0.3) is 0 Å². The van der Waals surface area contributed by atoms with E-state index in [0.717, 1.165) is 11.4 Å². The molecule has 0 unspecified atom stereocenters. The normalized spacial score (nSPS) is 10.2. The molecule has 2 N–H and O–H groups in total. The number of para-hydroxylation sites is 2. The lowest BCUT2D eigenvalue weighted by atomic mass is 10.3. The summed E-state index contributed by atoms with van der Waals surface area (Å²) in [5, 5.41) is 5.92. The van der Waals surface area contributed by atoms with E-state index >= 15 is 0 Å². The zero-order valence-corrected chi connectivity index (χ0v) is 14.6. The molecular weight excluding hydrogens is 320 g/mol. The number of nitrogens with one attached hydrogen (secondary N) is 2. The summed E-state index contributed by atoms with van der Waals surface area (Å²) in [4.78, 5) is 12.2. The van der Waals surface area contributed by atoms with Gasteiger partial charge in [-0.05, 0) is 31.2 Å². The third kappa shape index (κ3) is 6.35. The third-order valence-corrected chi connectivity index (χ3v) is 3.37. The zero-order chi connectivity index (χ0) is 17.9. The number of amides is 1. The fourth-order valence-corrected chi connectivity index (χ4v) is 2.16. The number of rotatable bonds is 10. The maximum absolute atomic E-state index is 12.2. The topological polar surface area (TPSA) is 68.8 Å². The Morgan fingerprint density at radius 3 is 2.72 bits per heavy atom. The van der Waals surface area contributed by atoms with Gasteiger partial charge in [0.15, 0.2) is 0 Å². The van der Waals surface area contributed by atoms with Crippen LogP contribution in [-0.2, 0) is 9.53 Å². The molecule has 0 atom stereocenters. The van der Waals surface area contributed by atoms with Gasteiger partial charge in [0, 0.05) is 18.4 Å². The number of hydrogen-bond donors (Lipinski definition) is 2. The van der Waals surface area contributed by atoms with Crippen LogP contribution < -0.4 is 20.1 Å². The molecule has 0 aliphatic rings. The van der Waals surface area contributed by atoms with Crippen molar-refractivity contribution in [3.8, 4) is 11.5 Å². The maximum atomic E-state index is 12.2. The highest BCUT2D eigenvalue weighted by molar-refractivity contribution is 5.95. The highest BCUT2D eigenvalue weighted by Gasteiger charge is 2.08. The molecule has 6 nitrogen and oxygen atoms in total. The largest absolute Gasteiger partial charge is 0.497 e. The first-order valence-corrected chi connectivity index (χ1v) is 8.20. The van der Waals surface area contributed by atoms with E-state index in [4.69, 9.17) is 14.2 Å². The molecular formula is C19H24N2O4. The summed E-state index contributed by atoms with van der Waals surface area (Å²) in [5.74, 6) is 1.19. The van der Waals surface area contributed by atoms with Crippen LogP contribution in [0.3, 0.4) is 0 Å². The van der Waals surface area contributed by atoms with Gasteiger partial charge >= 0.3 is 0 Å². The van der Waals surface area contributed by atoms with Crippen molar-refractivity contribution in [1.82, 2.24) is 0 Å². The number of anilines is 2. The molecule has 0 fully saturated rings. The minimum Gasteiger partial charge on any atom is -0.497 e. The first-order chi connectivity index (χ1) is 12.2. The van der Waals surface area contributed by atoms with Crippen LogP contribution in [0.25, 0.3) is 0 Å². The summed E-state index contributed by atoms with van der Waals surface area (Å²) in [5.41, 5.74) is 1.45. The van der Waals surface area contributed by atoms with E-state index in [2.05, 4.69) is 10.6 Å². The molecule has 0 bridgehead atoms. The second-order valence-electron chi connectivity index (χ2n) is 5.18. The molecule has 25 heavy (non-hydrogen) atoms. The highest BCUT2D eigenvalue weighted by atomic mass is 16.5. The Morgan fingerprint density at radius 2 is 1.92 bits per heavy atom. The van der Waals surface area contributed by atoms with Crippen LogP contribution in [0.5, 0.6) is 11.5 Å². The van der Waals surface area contributed by atoms with Crippen molar-refractivity contribution in [3.63, 3.8) is 0 Å². The zero-order valence-electron chi connectivity index (χ0n) is 14.6. The van der Waals surface area contributed by atoms with Crippen LogP contribution in [0.2, 0.25) is 0 Å². The van der Waals surface area contributed by atoms with Gasteiger partial charge in [-0.2, -0.15) is 0 Å². The van der Waals surface area contributed by atoms with Crippen molar-refractivity contribution < 1.29 is 19.0 Å². The molecule has 2 aromatic rings. The van der Waals surface area contributed by atoms with Crippen LogP contribution in [0.15, 0.2) is 48.5 Å². The average molecular weight is 344 g/mol. The van der Waals surface area contributed by atoms with Crippen molar-refractivity contribution in [2.45, 2.75) is 6.92 Å². The molecule has 6 heteroatoms. The van der Waals surface area contributed by atoms with Gasteiger partial charge in [-0.15, -0.1) is 0 Å². The van der Waals surface area contributed by atoms with E-state index in [-0.39, 0.29) is 12.5 Å². The lowest BCUT2D eigenvalue weighted by Crippen LogP contribution is -2.22. The smallest absolute Gasteiger partial charge is 0.243 e. The standard InChI is InChI=1S/C19H24N2O4/c1-3-24-11-12-25-18-10-5-4-9-17(18)21-19(22)14-20-15-7-6-8-16(13-15)23-2/h4-10,13,20H,3,11-12,14H2,1-2H3,(H,21,22). The van der Waals surface area contributed by atoms with E-state index in [1.807, 2.05) is 49.4 Å². The van der Waals surface area contributed by atoms with E-state index in [9.17, 15) is 4.79 Å². The van der Waals surface area contributed by atoms with Gasteiger partial charge in [-0.1, -0.05) is 18.2 Å². The Bertz CT molecular complexity index is 676. The summed E-state index contributed by atoms with van der Waals surface area (Å²) in [6.45, 7) is 3.67. The van der Waals surface area contributed by atoms with E-state index in [1.165, 1.54) is 0 Å². The van der Waals surface area contributed by atoms with Crippen molar-refractivity contribution in [2.75, 3.05) is 44.1 Å². The van der Waals surface area contributed by atoms with E-state index in [0.29, 0.717) is 31.3 Å². The second-order valence-corrected chi connectivity index (χ2v) is 5.18. The maximum Gasteiger partial charge on any atom is 0.243 e. The van der Waals surface area contributed by atoms with Crippen LogP contribution >= 0.6 is 0 Å². The molecule has 0 heterocycles. The lowest BCUT2D eigenvalue weighted by molar-refractivity contribution is -0.114. The molecule has 0 aliphatic carbocycles. The average Bonchev–Trinajstić information content (AvgIpc) is 2.65. The molecule has 0 spiro atoms. The van der Waals surface area contributed by atoms with Gasteiger partial charge in [-0.25, -0.2) is 0 Å². The van der Waals surface area contributed by atoms with Crippen molar-refractivity contribution in [1.29, 1.82) is 0 Å². The van der Waals surface area contributed by atoms with Crippen molar-refractivity contribution in [2.24, 2.45) is 0 Å². The minimum absolute atomic E-state index is 0.139. The molecule has 134 valence electrons. The van der Waals surface area contributed by atoms with Crippen LogP contribution in [0.4, 0.5) is 11.4 Å². The van der Waals surface area contributed by atoms with Crippen molar-refractivity contribution in [3.05, 3.63) is 48.5 Å². The van der Waals surface area contributed by atoms with Gasteiger partial charge in [0.2, 0.25) is 5.91 Å². The highest BCUT2D eigenvalue weighted by Crippen LogP contribution is 2.23. The van der Waals surface area contributed by atoms with Crippen LogP contribution in [-0.4, -0.2) is 39.4 Å². The Kier molecular flexibility index (Phi) is 7.59. The summed E-state index contributed by atoms with van der Waals surface area (Å²) in [7, 11) is 1.61. The lowest BCUT2D eigenvalue weighted by Gasteiger charge is -2.13. The van der Waals surface area contributed by atoms with Crippen molar-refractivity contribution >= 4 is 17.3 Å². The molecule has 0 aromatic heterocycles. The van der Waals surface area contributed by atoms with E-state index < -0.39 is 0 Å². The first kappa shape index (κ1) is 18.6. The molecule has 0 saturated carbocycles. The quantitative estimate of drug-likeness (QED) is 0.648. The van der Waals surface area contributed by atoms with Gasteiger partial charge in [0.1, 0.15) is 18.1 Å². The Morgan fingerprint density at radius 1 is 1.08 bits per heavy atom. The Labute approximate surface area is 148 Å². The fraction of sp³-hybridized carbons (Fsp3) is 0.316. The molecule has 2 rings (SSSR count). The Balaban J connectivity index is 1.87. The predicted molar refractivity (Wildman–Crippen MR) is 98.5 cm³/mol. The monoisotopic (exact) mass is 344 g/mol. The number of methoxy groups -OCH3 is 1. The molecule has 1 amide bonds. The molecule has 0 saturated heterocycles.